The molecule has 0 spiro atoms. The molecule has 0 amide bonds. The summed E-state index contributed by atoms with van der Waals surface area (Å²) in [6, 6.07) is 2.42. The second kappa shape index (κ2) is 10.5. The fraction of sp³-hybridized carbons (Fsp3) is 0. The van der Waals surface area contributed by atoms with Gasteiger partial charge in [0.15, 0.2) is 34.9 Å². The zero-order chi connectivity index (χ0) is 30.7. The Morgan fingerprint density at radius 2 is 0.829 bits per heavy atom. The molecule has 6 nitrogen and oxygen atoms in total. The number of pyridine rings is 3. The lowest BCUT2D eigenvalue weighted by Crippen LogP contribution is -2.16. The van der Waals surface area contributed by atoms with Crippen LogP contribution < -0.4 is 16.6 Å². The van der Waals surface area contributed by atoms with E-state index in [0.717, 1.165) is 0 Å². The van der Waals surface area contributed by atoms with Crippen molar-refractivity contribution < 1.29 is 43.9 Å². The summed E-state index contributed by atoms with van der Waals surface area (Å²) in [5.41, 5.74) is -7.35. The van der Waals surface area contributed by atoms with Crippen LogP contribution in [0.4, 0.5) is 43.9 Å². The van der Waals surface area contributed by atoms with Crippen molar-refractivity contribution in [1.29, 1.82) is 10.5 Å². The minimum atomic E-state index is -2.25. The standard InChI is InChI=1S/C23H6F10N6P2/c24-11-7(12(25)19(31)37-18(11)30)3(1-34)5-6(4(2-35)8-13(26)20(32)38-22(40)15(8)28)9(5)17(36)10-14(27)21(33)39-23(41)16(10)29/h36,40-41H2. The topological polar surface area (TPSA) is 112 Å². The van der Waals surface area contributed by atoms with E-state index in [1.165, 1.54) is 12.1 Å². The number of allylic oxidation sites excluding steroid dienone is 5. The van der Waals surface area contributed by atoms with Crippen molar-refractivity contribution in [3.8, 4) is 12.1 Å². The first kappa shape index (κ1) is 29.6. The highest BCUT2D eigenvalue weighted by Gasteiger charge is 2.45. The van der Waals surface area contributed by atoms with Crippen LogP contribution in [0.2, 0.25) is 0 Å². The highest BCUT2D eigenvalue weighted by atomic mass is 31.0. The summed E-state index contributed by atoms with van der Waals surface area (Å²) in [6.45, 7) is 0. The third kappa shape index (κ3) is 4.59. The molecule has 0 saturated heterocycles. The van der Waals surface area contributed by atoms with Crippen LogP contribution in [0.25, 0.3) is 16.8 Å². The lowest BCUT2D eigenvalue weighted by Gasteiger charge is -2.08. The lowest BCUT2D eigenvalue weighted by molar-refractivity contribution is 0.404. The van der Waals surface area contributed by atoms with Gasteiger partial charge in [-0.3, -0.25) is 0 Å². The molecule has 0 aliphatic heterocycles. The molecule has 4 rings (SSSR count). The van der Waals surface area contributed by atoms with Gasteiger partial charge in [-0.05, 0) is 0 Å². The number of nitrogens with zero attached hydrogens (tertiary/aromatic N) is 5. The highest BCUT2D eigenvalue weighted by molar-refractivity contribution is 7.27. The third-order valence-corrected chi connectivity index (χ3v) is 6.34. The van der Waals surface area contributed by atoms with Gasteiger partial charge in [-0.1, -0.05) is 18.5 Å². The molecule has 2 atom stereocenters. The van der Waals surface area contributed by atoms with E-state index in [1.54, 1.807) is 18.5 Å². The molecule has 0 radical (unpaired) electrons. The highest BCUT2D eigenvalue weighted by Crippen LogP contribution is 2.56. The smallest absolute Gasteiger partial charge is 0.252 e. The van der Waals surface area contributed by atoms with E-state index in [2.05, 4.69) is 15.0 Å². The van der Waals surface area contributed by atoms with Crippen molar-refractivity contribution in [1.82, 2.24) is 15.0 Å². The predicted octanol–water partition coefficient (Wildman–Crippen LogP) is 3.90. The van der Waals surface area contributed by atoms with Crippen LogP contribution in [-0.2, 0) is 0 Å². The predicted molar refractivity (Wildman–Crippen MR) is 127 cm³/mol. The Kier molecular flexibility index (Phi) is 7.61. The Labute approximate surface area is 225 Å². The van der Waals surface area contributed by atoms with Crippen LogP contribution in [0, 0.1) is 81.4 Å². The van der Waals surface area contributed by atoms with Crippen molar-refractivity contribution in [3.63, 3.8) is 0 Å². The number of nitriles is 2. The first-order chi connectivity index (χ1) is 19.2. The zero-order valence-corrected chi connectivity index (χ0v) is 21.6. The molecule has 3 aromatic heterocycles. The van der Waals surface area contributed by atoms with Crippen molar-refractivity contribution in [2.24, 2.45) is 5.73 Å². The summed E-state index contributed by atoms with van der Waals surface area (Å²) in [5, 5.41) is 19.5. The first-order valence-corrected chi connectivity index (χ1v) is 11.4. The molecule has 41 heavy (non-hydrogen) atoms. The normalized spacial score (nSPS) is 16.2. The van der Waals surface area contributed by atoms with E-state index in [9.17, 15) is 54.4 Å². The van der Waals surface area contributed by atoms with Gasteiger partial charge in [0.25, 0.3) is 11.9 Å². The molecule has 1 aliphatic carbocycles. The number of nitrogens with two attached hydrogens (primary N) is 1. The van der Waals surface area contributed by atoms with Crippen LogP contribution in [0.3, 0.4) is 0 Å². The monoisotopic (exact) mass is 618 g/mol. The number of hydrogen-bond acceptors (Lipinski definition) is 6. The molecule has 3 heterocycles. The molecule has 2 unspecified atom stereocenters. The fourth-order valence-electron chi connectivity index (χ4n) is 3.78. The first-order valence-electron chi connectivity index (χ1n) is 10.3. The van der Waals surface area contributed by atoms with Crippen molar-refractivity contribution in [3.05, 3.63) is 92.1 Å². The number of aromatic nitrogens is 3. The summed E-state index contributed by atoms with van der Waals surface area (Å²) in [4.78, 5) is 8.14. The average Bonchev–Trinajstić information content (AvgIpc) is 3.64. The molecule has 0 bridgehead atoms. The SMILES string of the molecule is N#CC(=C1C(=C(N)c2c(F)c(F)nc(P)c2F)C1=C(C#N)c1c(F)c(F)nc(P)c1F)c1c(F)c(F)nc(F)c1F. The van der Waals surface area contributed by atoms with Gasteiger partial charge < -0.3 is 5.73 Å². The van der Waals surface area contributed by atoms with Gasteiger partial charge in [-0.25, -0.2) is 36.3 Å². The van der Waals surface area contributed by atoms with E-state index in [-0.39, 0.29) is 0 Å². The molecule has 1 fully saturated rings. The maximum atomic E-state index is 14.9. The number of halogens is 10. The quantitative estimate of drug-likeness (QED) is 0.206. The van der Waals surface area contributed by atoms with Gasteiger partial charge >= 0.3 is 0 Å². The van der Waals surface area contributed by atoms with E-state index in [4.69, 9.17) is 5.73 Å². The third-order valence-electron chi connectivity index (χ3n) is 5.57. The largest absolute Gasteiger partial charge is 0.398 e. The van der Waals surface area contributed by atoms with Gasteiger partial charge in [-0.15, -0.1) is 0 Å². The van der Waals surface area contributed by atoms with E-state index in [1.807, 2.05) is 0 Å². The minimum absolute atomic E-state index is 0.850. The molecule has 18 heteroatoms. The van der Waals surface area contributed by atoms with Crippen LogP contribution in [0.5, 0.6) is 0 Å². The molecular formula is C23H6F10N6P2. The second-order valence-electron chi connectivity index (χ2n) is 7.79. The van der Waals surface area contributed by atoms with Gasteiger partial charge in [0.1, 0.15) is 12.1 Å². The Hall–Kier alpha value is -4.39. The molecule has 3 aromatic rings. The molecular weight excluding hydrogens is 612 g/mol. The van der Waals surface area contributed by atoms with Gasteiger partial charge in [-0.2, -0.15) is 33.1 Å². The van der Waals surface area contributed by atoms with E-state index in [0.29, 0.717) is 0 Å². The maximum absolute atomic E-state index is 14.9. The Morgan fingerprint density at radius 1 is 0.512 bits per heavy atom. The number of rotatable bonds is 3. The van der Waals surface area contributed by atoms with Crippen molar-refractivity contribution in [2.45, 2.75) is 0 Å². The Morgan fingerprint density at radius 3 is 1.22 bits per heavy atom. The summed E-state index contributed by atoms with van der Waals surface area (Å²) in [5.74, 6) is -20.3. The lowest BCUT2D eigenvalue weighted by atomic mass is 10.0. The van der Waals surface area contributed by atoms with Gasteiger partial charge in [0.05, 0.1) is 44.4 Å². The van der Waals surface area contributed by atoms with E-state index >= 15 is 0 Å². The average molecular weight is 618 g/mol. The van der Waals surface area contributed by atoms with E-state index < -0.39 is 120 Å². The molecule has 208 valence electrons. The molecule has 0 aromatic carbocycles. The summed E-state index contributed by atoms with van der Waals surface area (Å²) in [7, 11) is 3.17. The van der Waals surface area contributed by atoms with Crippen molar-refractivity contribution >= 4 is 46.2 Å². The summed E-state index contributed by atoms with van der Waals surface area (Å²) < 4.78 is 144. The Balaban J connectivity index is 2.28. The zero-order valence-electron chi connectivity index (χ0n) is 19.2. The van der Waals surface area contributed by atoms with Crippen molar-refractivity contribution in [2.75, 3.05) is 0 Å². The van der Waals surface area contributed by atoms with Crippen LogP contribution in [0.1, 0.15) is 16.7 Å². The minimum Gasteiger partial charge on any atom is -0.398 e. The van der Waals surface area contributed by atoms with Crippen LogP contribution >= 0.6 is 18.5 Å². The molecule has 1 aliphatic rings. The summed E-state index contributed by atoms with van der Waals surface area (Å²) in [6.07, 6.45) is 0. The number of hydrogen-bond donors (Lipinski definition) is 1. The van der Waals surface area contributed by atoms with Crippen LogP contribution in [0.15, 0.2) is 16.7 Å². The molecule has 2 N–H and O–H groups in total. The van der Waals surface area contributed by atoms with Gasteiger partial charge in [0.2, 0.25) is 11.9 Å². The molecule has 1 saturated carbocycles. The van der Waals surface area contributed by atoms with Gasteiger partial charge in [0, 0.05) is 16.7 Å². The maximum Gasteiger partial charge on any atom is 0.252 e. The second-order valence-corrected chi connectivity index (χ2v) is 8.88. The van der Waals surface area contributed by atoms with Crippen LogP contribution in [-0.4, -0.2) is 15.0 Å². The fourth-order valence-corrected chi connectivity index (χ4v) is 4.30. The summed E-state index contributed by atoms with van der Waals surface area (Å²) >= 11 is 0. The Bertz CT molecular complexity index is 1730.